The zero-order valence-corrected chi connectivity index (χ0v) is 24.1. The molecule has 11 heteroatoms. The monoisotopic (exact) mass is 556 g/mol. The molecule has 0 radical (unpaired) electrons. The number of carbonyl (C=O) groups is 1. The number of likely N-dealkylation sites (N-methyl/N-ethyl adjacent to an activating group) is 2. The molecule has 2 aromatic carbocycles. The van der Waals surface area contributed by atoms with Gasteiger partial charge in [0.25, 0.3) is 0 Å². The quantitative estimate of drug-likeness (QED) is 0.242. The smallest absolute Gasteiger partial charge is 0.247 e. The number of carbonyl (C=O) groups excluding carboxylic acids is 1. The third-order valence-corrected chi connectivity index (χ3v) is 7.00. The summed E-state index contributed by atoms with van der Waals surface area (Å²) in [6.07, 6.45) is 5.16. The van der Waals surface area contributed by atoms with Crippen molar-refractivity contribution in [3.8, 4) is 17.3 Å². The van der Waals surface area contributed by atoms with Gasteiger partial charge in [0.1, 0.15) is 23.1 Å². The Morgan fingerprint density at radius 2 is 1.88 bits per heavy atom. The normalized spacial score (nSPS) is 12.8. The summed E-state index contributed by atoms with van der Waals surface area (Å²) in [4.78, 5) is 30.7. The highest BCUT2D eigenvalue weighted by Gasteiger charge is 2.30. The zero-order valence-electron chi connectivity index (χ0n) is 24.1. The number of ether oxygens (including phenoxy) is 2. The maximum atomic E-state index is 12.3. The molecule has 11 nitrogen and oxygen atoms in total. The third kappa shape index (κ3) is 6.09. The van der Waals surface area contributed by atoms with Crippen LogP contribution < -0.4 is 25.0 Å². The summed E-state index contributed by atoms with van der Waals surface area (Å²) in [5.41, 5.74) is 3.85. The van der Waals surface area contributed by atoms with Gasteiger partial charge in [0.2, 0.25) is 11.9 Å². The summed E-state index contributed by atoms with van der Waals surface area (Å²) in [5.74, 6) is 3.50. The van der Waals surface area contributed by atoms with Crippen molar-refractivity contribution in [3.05, 3.63) is 61.1 Å². The van der Waals surface area contributed by atoms with Crippen LogP contribution in [0.5, 0.6) is 11.5 Å². The molecule has 0 bridgehead atoms. The van der Waals surface area contributed by atoms with Crippen molar-refractivity contribution in [2.75, 3.05) is 64.0 Å². The third-order valence-electron chi connectivity index (χ3n) is 7.00. The van der Waals surface area contributed by atoms with Crippen LogP contribution in [0.3, 0.4) is 0 Å². The average Bonchev–Trinajstić information content (AvgIpc) is 3.75. The molecular formula is C30H36N8O3. The van der Waals surface area contributed by atoms with Crippen LogP contribution in [0, 0.1) is 0 Å². The predicted molar refractivity (Wildman–Crippen MR) is 162 cm³/mol. The number of hydrogen-bond acceptors (Lipinski definition) is 9. The summed E-state index contributed by atoms with van der Waals surface area (Å²) in [5, 5.41) is 6.22. The minimum Gasteiger partial charge on any atom is -0.497 e. The summed E-state index contributed by atoms with van der Waals surface area (Å²) < 4.78 is 13.3. The second-order valence-electron chi connectivity index (χ2n) is 10.3. The Morgan fingerprint density at radius 1 is 1.07 bits per heavy atom. The lowest BCUT2D eigenvalue weighted by Gasteiger charge is -2.26. The fourth-order valence-corrected chi connectivity index (χ4v) is 4.62. The highest BCUT2D eigenvalue weighted by atomic mass is 16.5. The highest BCUT2D eigenvalue weighted by molar-refractivity contribution is 6.02. The first-order valence-electron chi connectivity index (χ1n) is 13.5. The van der Waals surface area contributed by atoms with Crippen LogP contribution in [-0.4, -0.2) is 78.8 Å². The minimum atomic E-state index is -0.308. The van der Waals surface area contributed by atoms with E-state index in [-0.39, 0.29) is 5.91 Å². The number of nitrogens with zero attached hydrogens (tertiary/aromatic N) is 6. The summed E-state index contributed by atoms with van der Waals surface area (Å²) in [6, 6.07) is 11.5. The van der Waals surface area contributed by atoms with Crippen LogP contribution in [-0.2, 0) is 4.79 Å². The Balaban J connectivity index is 1.52. The number of methoxy groups -OCH3 is 2. The van der Waals surface area contributed by atoms with Crippen molar-refractivity contribution in [1.82, 2.24) is 24.4 Å². The van der Waals surface area contributed by atoms with E-state index in [1.807, 2.05) is 57.5 Å². The van der Waals surface area contributed by atoms with Gasteiger partial charge in [-0.05, 0) is 57.3 Å². The van der Waals surface area contributed by atoms with Crippen LogP contribution in [0.15, 0.2) is 55.3 Å². The minimum absolute atomic E-state index is 0.308. The molecule has 41 heavy (non-hydrogen) atoms. The number of aromatic nitrogens is 4. The Kier molecular flexibility index (Phi) is 8.06. The maximum Gasteiger partial charge on any atom is 0.247 e. The van der Waals surface area contributed by atoms with Gasteiger partial charge in [-0.3, -0.25) is 9.36 Å². The molecule has 214 valence electrons. The Morgan fingerprint density at radius 3 is 2.56 bits per heavy atom. The van der Waals surface area contributed by atoms with Crippen molar-refractivity contribution in [2.45, 2.75) is 18.8 Å². The Labute approximate surface area is 239 Å². The molecule has 0 spiro atoms. The number of anilines is 4. The molecule has 1 amide bonds. The first-order valence-corrected chi connectivity index (χ1v) is 13.5. The molecule has 0 atom stereocenters. The lowest BCUT2D eigenvalue weighted by molar-refractivity contribution is -0.111. The number of imidazole rings is 1. The number of hydrogen-bond donors (Lipinski definition) is 2. The number of fused-ring (bicyclic) bond motifs is 1. The number of rotatable bonds is 12. The molecule has 5 rings (SSSR count). The van der Waals surface area contributed by atoms with Crippen molar-refractivity contribution < 1.29 is 14.3 Å². The van der Waals surface area contributed by atoms with Crippen molar-refractivity contribution in [2.24, 2.45) is 0 Å². The zero-order chi connectivity index (χ0) is 29.1. The van der Waals surface area contributed by atoms with Crippen LogP contribution in [0.4, 0.5) is 23.0 Å². The van der Waals surface area contributed by atoms with E-state index in [0.717, 1.165) is 54.2 Å². The van der Waals surface area contributed by atoms with Gasteiger partial charge in [-0.1, -0.05) is 6.58 Å². The van der Waals surface area contributed by atoms with Crippen LogP contribution in [0.2, 0.25) is 0 Å². The van der Waals surface area contributed by atoms with Crippen molar-refractivity contribution >= 4 is 40.0 Å². The molecule has 0 saturated heterocycles. The molecule has 2 N–H and O–H groups in total. The van der Waals surface area contributed by atoms with E-state index < -0.39 is 0 Å². The molecular weight excluding hydrogens is 520 g/mol. The lowest BCUT2D eigenvalue weighted by atomic mass is 10.2. The second-order valence-corrected chi connectivity index (χ2v) is 10.3. The Hall–Kier alpha value is -4.64. The first-order chi connectivity index (χ1) is 19.8. The molecule has 0 aliphatic heterocycles. The number of amides is 1. The lowest BCUT2D eigenvalue weighted by Crippen LogP contribution is -2.29. The molecule has 2 aromatic heterocycles. The van der Waals surface area contributed by atoms with Gasteiger partial charge < -0.3 is 29.9 Å². The van der Waals surface area contributed by atoms with Gasteiger partial charge in [0.15, 0.2) is 0 Å². The van der Waals surface area contributed by atoms with Gasteiger partial charge in [0, 0.05) is 44.4 Å². The molecule has 1 aliphatic carbocycles. The topological polar surface area (TPSA) is 110 Å². The maximum absolute atomic E-state index is 12.3. The van der Waals surface area contributed by atoms with Gasteiger partial charge in [-0.25, -0.2) is 9.97 Å². The van der Waals surface area contributed by atoms with Crippen LogP contribution in [0.1, 0.15) is 24.6 Å². The predicted octanol–water partition coefficient (Wildman–Crippen LogP) is 4.58. The fraction of sp³-hybridized carbons (Fsp3) is 0.333. The summed E-state index contributed by atoms with van der Waals surface area (Å²) in [7, 11) is 9.28. The van der Waals surface area contributed by atoms with E-state index in [9.17, 15) is 4.79 Å². The summed E-state index contributed by atoms with van der Waals surface area (Å²) in [6.45, 7) is 5.19. The van der Waals surface area contributed by atoms with E-state index in [0.29, 0.717) is 34.8 Å². The summed E-state index contributed by atoms with van der Waals surface area (Å²) >= 11 is 0. The van der Waals surface area contributed by atoms with Gasteiger partial charge >= 0.3 is 0 Å². The average molecular weight is 557 g/mol. The van der Waals surface area contributed by atoms with Gasteiger partial charge in [-0.2, -0.15) is 4.98 Å². The highest BCUT2D eigenvalue weighted by Crippen LogP contribution is 2.42. The fourth-order valence-electron chi connectivity index (χ4n) is 4.62. The standard InChI is InChI=1S/C30H36N8O3/c1-7-28(39)32-22-17-23(26(41-6)18-25(22)37(4)15-14-36(2)3)34-30-31-13-12-27(35-30)38-24-11-10-20(40-5)16-21(24)33-29(38)19-8-9-19/h7,10-13,16-19H,1,8-9,14-15H2,2-6H3,(H,32,39)(H,31,34,35). The largest absolute Gasteiger partial charge is 0.497 e. The molecule has 1 saturated carbocycles. The van der Waals surface area contributed by atoms with Crippen LogP contribution in [0.25, 0.3) is 16.9 Å². The van der Waals surface area contributed by atoms with Gasteiger partial charge in [0.05, 0.1) is 42.3 Å². The molecule has 1 fully saturated rings. The number of benzene rings is 2. The van der Waals surface area contributed by atoms with E-state index in [1.165, 1.54) is 6.08 Å². The molecule has 0 unspecified atom stereocenters. The number of nitrogens with one attached hydrogen (secondary N) is 2. The van der Waals surface area contributed by atoms with Crippen molar-refractivity contribution in [1.29, 1.82) is 0 Å². The molecule has 4 aromatic rings. The SMILES string of the molecule is C=CC(=O)Nc1cc(Nc2nccc(-n3c(C4CC4)nc4cc(OC)ccc43)n2)c(OC)cc1N(C)CCN(C)C. The van der Waals surface area contributed by atoms with Crippen molar-refractivity contribution in [3.63, 3.8) is 0 Å². The second kappa shape index (κ2) is 11.8. The van der Waals surface area contributed by atoms with Crippen LogP contribution >= 0.6 is 0 Å². The Bertz CT molecular complexity index is 1580. The van der Waals surface area contributed by atoms with E-state index in [1.54, 1.807) is 20.4 Å². The van der Waals surface area contributed by atoms with E-state index in [4.69, 9.17) is 19.4 Å². The van der Waals surface area contributed by atoms with E-state index in [2.05, 4.69) is 36.6 Å². The van der Waals surface area contributed by atoms with E-state index >= 15 is 0 Å². The first kappa shape index (κ1) is 27.9. The molecule has 1 aliphatic rings. The van der Waals surface area contributed by atoms with Gasteiger partial charge in [-0.15, -0.1) is 0 Å². The molecule has 2 heterocycles.